The predicted molar refractivity (Wildman–Crippen MR) is 73.3 cm³/mol. The average molecular weight is 259 g/mol. The third kappa shape index (κ3) is 2.47. The van der Waals surface area contributed by atoms with Crippen molar-refractivity contribution in [2.24, 2.45) is 0 Å². The number of carbonyl (C=O) groups is 1. The highest BCUT2D eigenvalue weighted by Gasteiger charge is 2.17. The summed E-state index contributed by atoms with van der Waals surface area (Å²) in [7, 11) is 1.36. The lowest BCUT2D eigenvalue weighted by molar-refractivity contribution is 0.0586. The van der Waals surface area contributed by atoms with Gasteiger partial charge in [0.05, 0.1) is 7.11 Å². The Morgan fingerprint density at radius 1 is 1.32 bits per heavy atom. The Labute approximate surface area is 112 Å². The van der Waals surface area contributed by atoms with Gasteiger partial charge in [0.2, 0.25) is 0 Å². The number of para-hydroxylation sites is 1. The third-order valence-electron chi connectivity index (χ3n) is 3.01. The van der Waals surface area contributed by atoms with Gasteiger partial charge in [0, 0.05) is 23.4 Å². The minimum atomic E-state index is -0.379. The molecule has 1 aromatic heterocycles. The van der Waals surface area contributed by atoms with Crippen LogP contribution in [0.5, 0.6) is 5.75 Å². The van der Waals surface area contributed by atoms with Gasteiger partial charge in [-0.1, -0.05) is 18.2 Å². The standard InChI is InChI=1S/C15H17NO3/c1-10(2)16-9-11(8-13(16)15(18)19-3)12-6-4-5-7-14(12)17/h4-10,17H,1-3H3. The monoisotopic (exact) mass is 259 g/mol. The van der Waals surface area contributed by atoms with Crippen LogP contribution in [0.1, 0.15) is 30.4 Å². The van der Waals surface area contributed by atoms with Crippen molar-refractivity contribution in [1.29, 1.82) is 0 Å². The number of hydrogen-bond donors (Lipinski definition) is 1. The van der Waals surface area contributed by atoms with Gasteiger partial charge in [0.25, 0.3) is 0 Å². The second kappa shape index (κ2) is 5.18. The molecule has 0 amide bonds. The Morgan fingerprint density at radius 3 is 2.58 bits per heavy atom. The summed E-state index contributed by atoms with van der Waals surface area (Å²) in [5.41, 5.74) is 1.98. The van der Waals surface area contributed by atoms with Gasteiger partial charge in [0.15, 0.2) is 0 Å². The number of esters is 1. The fourth-order valence-corrected chi connectivity index (χ4v) is 2.04. The van der Waals surface area contributed by atoms with Gasteiger partial charge in [-0.3, -0.25) is 0 Å². The molecule has 0 aliphatic heterocycles. The molecule has 0 aliphatic rings. The van der Waals surface area contributed by atoms with Gasteiger partial charge in [0.1, 0.15) is 11.4 Å². The van der Waals surface area contributed by atoms with E-state index in [4.69, 9.17) is 4.74 Å². The number of methoxy groups -OCH3 is 1. The molecular formula is C15H17NO3. The molecule has 4 nitrogen and oxygen atoms in total. The summed E-state index contributed by atoms with van der Waals surface area (Å²) in [6.45, 7) is 3.97. The quantitative estimate of drug-likeness (QED) is 0.861. The summed E-state index contributed by atoms with van der Waals surface area (Å²) < 4.78 is 6.63. The van der Waals surface area contributed by atoms with Crippen LogP contribution in [0.15, 0.2) is 36.5 Å². The first-order valence-corrected chi connectivity index (χ1v) is 6.13. The van der Waals surface area contributed by atoms with E-state index in [9.17, 15) is 9.90 Å². The van der Waals surface area contributed by atoms with Crippen molar-refractivity contribution in [2.45, 2.75) is 19.9 Å². The van der Waals surface area contributed by atoms with Crippen molar-refractivity contribution in [1.82, 2.24) is 4.57 Å². The fraction of sp³-hybridized carbons (Fsp3) is 0.267. The molecule has 4 heteroatoms. The Kier molecular flexibility index (Phi) is 3.60. The molecule has 0 saturated carbocycles. The van der Waals surface area contributed by atoms with Gasteiger partial charge in [-0.2, -0.15) is 0 Å². The third-order valence-corrected chi connectivity index (χ3v) is 3.01. The second-order valence-corrected chi connectivity index (χ2v) is 4.62. The van der Waals surface area contributed by atoms with E-state index in [0.29, 0.717) is 11.3 Å². The summed E-state index contributed by atoms with van der Waals surface area (Å²) in [5, 5.41) is 9.87. The first-order valence-electron chi connectivity index (χ1n) is 6.13. The molecule has 0 atom stereocenters. The first-order chi connectivity index (χ1) is 9.04. The van der Waals surface area contributed by atoms with E-state index in [-0.39, 0.29) is 17.8 Å². The molecule has 1 heterocycles. The minimum Gasteiger partial charge on any atom is -0.507 e. The maximum absolute atomic E-state index is 11.8. The van der Waals surface area contributed by atoms with Crippen LogP contribution in [-0.2, 0) is 4.74 Å². The fourth-order valence-electron chi connectivity index (χ4n) is 2.04. The highest BCUT2D eigenvalue weighted by Crippen LogP contribution is 2.31. The normalized spacial score (nSPS) is 10.7. The van der Waals surface area contributed by atoms with Crippen LogP contribution in [-0.4, -0.2) is 22.8 Å². The molecule has 2 aromatic rings. The predicted octanol–water partition coefficient (Wildman–Crippen LogP) is 3.23. The van der Waals surface area contributed by atoms with Gasteiger partial charge >= 0.3 is 5.97 Å². The van der Waals surface area contributed by atoms with E-state index in [0.717, 1.165) is 5.56 Å². The molecular weight excluding hydrogens is 242 g/mol. The Morgan fingerprint density at radius 2 is 2.00 bits per heavy atom. The molecule has 0 fully saturated rings. The zero-order valence-electron chi connectivity index (χ0n) is 11.3. The van der Waals surface area contributed by atoms with Gasteiger partial charge in [-0.05, 0) is 26.0 Å². The average Bonchev–Trinajstić information content (AvgIpc) is 2.83. The van der Waals surface area contributed by atoms with Crippen LogP contribution in [0.25, 0.3) is 11.1 Å². The molecule has 0 spiro atoms. The van der Waals surface area contributed by atoms with Crippen LogP contribution in [0, 0.1) is 0 Å². The molecule has 100 valence electrons. The van der Waals surface area contributed by atoms with E-state index in [2.05, 4.69) is 0 Å². The van der Waals surface area contributed by atoms with E-state index in [1.165, 1.54) is 7.11 Å². The van der Waals surface area contributed by atoms with Crippen molar-refractivity contribution in [3.05, 3.63) is 42.2 Å². The number of ether oxygens (including phenoxy) is 1. The maximum atomic E-state index is 11.8. The number of phenolic OH excluding ortho intramolecular Hbond substituents is 1. The molecule has 19 heavy (non-hydrogen) atoms. The summed E-state index contributed by atoms with van der Waals surface area (Å²) in [6, 6.07) is 8.92. The van der Waals surface area contributed by atoms with E-state index >= 15 is 0 Å². The SMILES string of the molecule is COC(=O)c1cc(-c2ccccc2O)cn1C(C)C. The molecule has 1 N–H and O–H groups in total. The van der Waals surface area contributed by atoms with Crippen molar-refractivity contribution < 1.29 is 14.6 Å². The lowest BCUT2D eigenvalue weighted by Crippen LogP contribution is -2.11. The number of benzene rings is 1. The molecule has 0 unspecified atom stereocenters. The number of phenols is 1. The number of rotatable bonds is 3. The Hall–Kier alpha value is -2.23. The summed E-state index contributed by atoms with van der Waals surface area (Å²) >= 11 is 0. The summed E-state index contributed by atoms with van der Waals surface area (Å²) in [4.78, 5) is 11.8. The van der Waals surface area contributed by atoms with Crippen molar-refractivity contribution in [3.8, 4) is 16.9 Å². The molecule has 2 rings (SSSR count). The molecule has 0 aliphatic carbocycles. The first kappa shape index (κ1) is 13.2. The van der Waals surface area contributed by atoms with E-state index in [1.807, 2.05) is 36.7 Å². The second-order valence-electron chi connectivity index (χ2n) is 4.62. The van der Waals surface area contributed by atoms with Crippen LogP contribution >= 0.6 is 0 Å². The number of hydrogen-bond acceptors (Lipinski definition) is 3. The lowest BCUT2D eigenvalue weighted by Gasteiger charge is -2.10. The highest BCUT2D eigenvalue weighted by atomic mass is 16.5. The summed E-state index contributed by atoms with van der Waals surface area (Å²) in [5.74, 6) is -0.185. The van der Waals surface area contributed by atoms with E-state index < -0.39 is 0 Å². The molecule has 0 saturated heterocycles. The minimum absolute atomic E-state index is 0.133. The van der Waals surface area contributed by atoms with Gasteiger partial charge < -0.3 is 14.4 Å². The highest BCUT2D eigenvalue weighted by molar-refractivity contribution is 5.90. The molecule has 0 bridgehead atoms. The lowest BCUT2D eigenvalue weighted by atomic mass is 10.1. The summed E-state index contributed by atoms with van der Waals surface area (Å²) in [6.07, 6.45) is 1.85. The molecule has 0 radical (unpaired) electrons. The number of carbonyl (C=O) groups excluding carboxylic acids is 1. The maximum Gasteiger partial charge on any atom is 0.354 e. The topological polar surface area (TPSA) is 51.5 Å². The number of aromatic nitrogens is 1. The smallest absolute Gasteiger partial charge is 0.354 e. The van der Waals surface area contributed by atoms with Crippen LogP contribution in [0.4, 0.5) is 0 Å². The number of aromatic hydroxyl groups is 1. The Balaban J connectivity index is 2.55. The van der Waals surface area contributed by atoms with Crippen LogP contribution in [0.3, 0.4) is 0 Å². The number of nitrogens with zero attached hydrogens (tertiary/aromatic N) is 1. The van der Waals surface area contributed by atoms with Crippen LogP contribution < -0.4 is 0 Å². The Bertz CT molecular complexity index is 599. The molecule has 1 aromatic carbocycles. The van der Waals surface area contributed by atoms with Crippen molar-refractivity contribution in [3.63, 3.8) is 0 Å². The van der Waals surface area contributed by atoms with E-state index in [1.54, 1.807) is 18.2 Å². The van der Waals surface area contributed by atoms with Crippen molar-refractivity contribution in [2.75, 3.05) is 7.11 Å². The van der Waals surface area contributed by atoms with Crippen molar-refractivity contribution >= 4 is 5.97 Å². The zero-order valence-corrected chi connectivity index (χ0v) is 11.3. The van der Waals surface area contributed by atoms with Crippen LogP contribution in [0.2, 0.25) is 0 Å². The van der Waals surface area contributed by atoms with Gasteiger partial charge in [-0.15, -0.1) is 0 Å². The largest absolute Gasteiger partial charge is 0.507 e. The van der Waals surface area contributed by atoms with Gasteiger partial charge in [-0.25, -0.2) is 4.79 Å². The zero-order chi connectivity index (χ0) is 14.0.